The lowest BCUT2D eigenvalue weighted by molar-refractivity contribution is -0.127. The summed E-state index contributed by atoms with van der Waals surface area (Å²) in [5, 5.41) is 3.21. The number of amides is 1. The van der Waals surface area contributed by atoms with Crippen LogP contribution >= 0.6 is 0 Å². The van der Waals surface area contributed by atoms with E-state index in [2.05, 4.69) is 58.4 Å². The predicted octanol–water partition coefficient (Wildman–Crippen LogP) is 3.13. The Bertz CT molecular complexity index is 764. The molecule has 0 aromatic heterocycles. The van der Waals surface area contributed by atoms with Crippen molar-refractivity contribution < 1.29 is 4.79 Å². The third-order valence-corrected chi connectivity index (χ3v) is 5.71. The summed E-state index contributed by atoms with van der Waals surface area (Å²) in [7, 11) is 0. The van der Waals surface area contributed by atoms with Crippen molar-refractivity contribution in [3.63, 3.8) is 0 Å². The number of hydrogen-bond acceptors (Lipinski definition) is 3. The molecule has 1 aliphatic carbocycles. The fraction of sp³-hybridized carbons (Fsp3) is 0.435. The van der Waals surface area contributed by atoms with Crippen molar-refractivity contribution in [2.75, 3.05) is 26.2 Å². The van der Waals surface area contributed by atoms with Crippen LogP contribution in [0.15, 0.2) is 54.6 Å². The molecule has 4 rings (SSSR count). The summed E-state index contributed by atoms with van der Waals surface area (Å²) in [5.74, 6) is 0.163. The first-order chi connectivity index (χ1) is 13.2. The average molecular weight is 364 g/mol. The zero-order valence-corrected chi connectivity index (χ0v) is 16.1. The van der Waals surface area contributed by atoms with E-state index in [-0.39, 0.29) is 11.9 Å². The quantitative estimate of drug-likeness (QED) is 0.856. The summed E-state index contributed by atoms with van der Waals surface area (Å²) in [4.78, 5) is 17.8. The van der Waals surface area contributed by atoms with Crippen LogP contribution in [-0.4, -0.2) is 47.9 Å². The second-order valence-corrected chi connectivity index (χ2v) is 7.83. The van der Waals surface area contributed by atoms with Gasteiger partial charge in [0, 0.05) is 38.8 Å². The van der Waals surface area contributed by atoms with Crippen molar-refractivity contribution in [3.8, 4) is 0 Å². The highest BCUT2D eigenvalue weighted by Crippen LogP contribution is 2.26. The maximum atomic E-state index is 12.9. The van der Waals surface area contributed by atoms with Crippen molar-refractivity contribution >= 4 is 5.91 Å². The standard InChI is InChI=1S/C23H29N3O/c1-18-7-5-6-10-20(18)17-25-13-15-26(16-14-25)22(19-8-3-2-4-9-19)23(27)24-21-11-12-21/h2-10,21-22H,11-17H2,1H3,(H,24,27). The topological polar surface area (TPSA) is 35.6 Å². The van der Waals surface area contributed by atoms with Gasteiger partial charge in [-0.2, -0.15) is 0 Å². The molecule has 27 heavy (non-hydrogen) atoms. The number of nitrogens with zero attached hydrogens (tertiary/aromatic N) is 2. The normalized spacial score (nSPS) is 19.6. The molecule has 1 unspecified atom stereocenters. The van der Waals surface area contributed by atoms with E-state index < -0.39 is 0 Å². The van der Waals surface area contributed by atoms with Gasteiger partial charge in [-0.15, -0.1) is 0 Å². The first-order valence-corrected chi connectivity index (χ1v) is 10.1. The van der Waals surface area contributed by atoms with Crippen LogP contribution in [0.4, 0.5) is 0 Å². The summed E-state index contributed by atoms with van der Waals surface area (Å²) >= 11 is 0. The number of hydrogen-bond donors (Lipinski definition) is 1. The molecule has 2 aliphatic rings. The van der Waals surface area contributed by atoms with Gasteiger partial charge >= 0.3 is 0 Å². The molecule has 142 valence electrons. The van der Waals surface area contributed by atoms with E-state index in [0.717, 1.165) is 51.1 Å². The fourth-order valence-electron chi connectivity index (χ4n) is 3.88. The smallest absolute Gasteiger partial charge is 0.242 e. The van der Waals surface area contributed by atoms with Crippen LogP contribution in [0.2, 0.25) is 0 Å². The summed E-state index contributed by atoms with van der Waals surface area (Å²) in [6, 6.07) is 19.1. The van der Waals surface area contributed by atoms with Crippen LogP contribution in [0.1, 0.15) is 35.6 Å². The molecule has 0 spiro atoms. The molecule has 1 amide bonds. The van der Waals surface area contributed by atoms with Crippen molar-refractivity contribution in [2.45, 2.75) is 38.4 Å². The van der Waals surface area contributed by atoms with E-state index in [0.29, 0.717) is 6.04 Å². The SMILES string of the molecule is Cc1ccccc1CN1CCN(C(C(=O)NC2CC2)c2ccccc2)CC1. The van der Waals surface area contributed by atoms with Gasteiger partial charge in [0.25, 0.3) is 0 Å². The second kappa shape index (κ2) is 8.24. The minimum Gasteiger partial charge on any atom is -0.352 e. The van der Waals surface area contributed by atoms with Crippen molar-refractivity contribution in [2.24, 2.45) is 0 Å². The third kappa shape index (κ3) is 4.57. The monoisotopic (exact) mass is 363 g/mol. The van der Waals surface area contributed by atoms with Gasteiger partial charge in [-0.1, -0.05) is 54.6 Å². The molecule has 2 fully saturated rings. The molecule has 0 bridgehead atoms. The Kier molecular flexibility index (Phi) is 5.55. The first kappa shape index (κ1) is 18.2. The molecule has 1 saturated heterocycles. The van der Waals surface area contributed by atoms with Crippen molar-refractivity contribution in [3.05, 3.63) is 71.3 Å². The molecule has 1 N–H and O–H groups in total. The number of carbonyl (C=O) groups excluding carboxylic acids is 1. The molecule has 4 heteroatoms. The van der Waals surface area contributed by atoms with Crippen LogP contribution in [-0.2, 0) is 11.3 Å². The minimum atomic E-state index is -0.174. The van der Waals surface area contributed by atoms with Gasteiger partial charge in [0.05, 0.1) is 0 Å². The van der Waals surface area contributed by atoms with E-state index >= 15 is 0 Å². The second-order valence-electron chi connectivity index (χ2n) is 7.83. The summed E-state index contributed by atoms with van der Waals surface area (Å²) < 4.78 is 0. The Morgan fingerprint density at radius 1 is 1.00 bits per heavy atom. The zero-order valence-electron chi connectivity index (χ0n) is 16.1. The molecular formula is C23H29N3O. The Morgan fingerprint density at radius 2 is 1.67 bits per heavy atom. The van der Waals surface area contributed by atoms with Crippen LogP contribution in [0.3, 0.4) is 0 Å². The highest BCUT2D eigenvalue weighted by Gasteiger charge is 2.33. The number of benzene rings is 2. The maximum absolute atomic E-state index is 12.9. The molecule has 4 nitrogen and oxygen atoms in total. The lowest BCUT2D eigenvalue weighted by Gasteiger charge is -2.39. The Hall–Kier alpha value is -2.17. The maximum Gasteiger partial charge on any atom is 0.242 e. The number of carbonyl (C=O) groups is 1. The van der Waals surface area contributed by atoms with E-state index in [1.165, 1.54) is 11.1 Å². The van der Waals surface area contributed by atoms with Crippen LogP contribution in [0.5, 0.6) is 0 Å². The lowest BCUT2D eigenvalue weighted by atomic mass is 10.0. The van der Waals surface area contributed by atoms with Crippen molar-refractivity contribution in [1.29, 1.82) is 0 Å². The van der Waals surface area contributed by atoms with Gasteiger partial charge in [0.15, 0.2) is 0 Å². The highest BCUT2D eigenvalue weighted by atomic mass is 16.2. The van der Waals surface area contributed by atoms with Gasteiger partial charge < -0.3 is 5.32 Å². The first-order valence-electron chi connectivity index (χ1n) is 10.1. The summed E-state index contributed by atoms with van der Waals surface area (Å²) in [5.41, 5.74) is 3.85. The molecule has 0 radical (unpaired) electrons. The van der Waals surface area contributed by atoms with E-state index in [4.69, 9.17) is 0 Å². The minimum absolute atomic E-state index is 0.163. The van der Waals surface area contributed by atoms with Gasteiger partial charge in [0.2, 0.25) is 5.91 Å². The van der Waals surface area contributed by atoms with E-state index in [1.807, 2.05) is 18.2 Å². The number of nitrogens with one attached hydrogen (secondary N) is 1. The highest BCUT2D eigenvalue weighted by molar-refractivity contribution is 5.83. The number of rotatable bonds is 6. The Morgan fingerprint density at radius 3 is 2.33 bits per heavy atom. The van der Waals surface area contributed by atoms with Crippen LogP contribution in [0.25, 0.3) is 0 Å². The van der Waals surface area contributed by atoms with Crippen LogP contribution in [0, 0.1) is 6.92 Å². The zero-order chi connectivity index (χ0) is 18.6. The number of aryl methyl sites for hydroxylation is 1. The molecule has 2 aromatic rings. The summed E-state index contributed by atoms with van der Waals surface area (Å²) in [6.45, 7) is 7.00. The fourth-order valence-corrected chi connectivity index (χ4v) is 3.88. The van der Waals surface area contributed by atoms with E-state index in [1.54, 1.807) is 0 Å². The molecular weight excluding hydrogens is 334 g/mol. The van der Waals surface area contributed by atoms with Crippen LogP contribution < -0.4 is 5.32 Å². The van der Waals surface area contributed by atoms with Crippen molar-refractivity contribution in [1.82, 2.24) is 15.1 Å². The summed E-state index contributed by atoms with van der Waals surface area (Å²) in [6.07, 6.45) is 2.24. The Labute approximate surface area is 162 Å². The van der Waals surface area contributed by atoms with Gasteiger partial charge in [-0.3, -0.25) is 14.6 Å². The van der Waals surface area contributed by atoms with E-state index in [9.17, 15) is 4.79 Å². The molecule has 1 atom stereocenters. The van der Waals surface area contributed by atoms with Gasteiger partial charge in [-0.05, 0) is 36.5 Å². The van der Waals surface area contributed by atoms with Gasteiger partial charge in [-0.25, -0.2) is 0 Å². The largest absolute Gasteiger partial charge is 0.352 e. The molecule has 1 heterocycles. The van der Waals surface area contributed by atoms with Gasteiger partial charge in [0.1, 0.15) is 6.04 Å². The third-order valence-electron chi connectivity index (χ3n) is 5.71. The lowest BCUT2D eigenvalue weighted by Crippen LogP contribution is -2.51. The molecule has 2 aromatic carbocycles. The molecule has 1 saturated carbocycles. The molecule has 1 aliphatic heterocycles. The predicted molar refractivity (Wildman–Crippen MR) is 108 cm³/mol. The Balaban J connectivity index is 1.42. The average Bonchev–Trinajstić information content (AvgIpc) is 3.50. The number of piperazine rings is 1.